The van der Waals surface area contributed by atoms with Crippen molar-refractivity contribution in [3.05, 3.63) is 28.2 Å². The van der Waals surface area contributed by atoms with Crippen LogP contribution in [0.1, 0.15) is 31.7 Å². The first-order valence-electron chi connectivity index (χ1n) is 6.97. The summed E-state index contributed by atoms with van der Waals surface area (Å²) in [5.41, 5.74) is 7.21. The largest absolute Gasteiger partial charge is 0.491 e. The Hall–Kier alpha value is -0.580. The normalized spacial score (nSPS) is 20.5. The summed E-state index contributed by atoms with van der Waals surface area (Å²) >= 11 is 3.50. The van der Waals surface area contributed by atoms with Gasteiger partial charge in [0, 0.05) is 17.1 Å². The van der Waals surface area contributed by atoms with Gasteiger partial charge in [-0.3, -0.25) is 0 Å². The first kappa shape index (κ1) is 14.8. The molecule has 0 saturated carbocycles. The molecule has 19 heavy (non-hydrogen) atoms. The Balaban J connectivity index is 2.00. The molecule has 2 N–H and O–H groups in total. The van der Waals surface area contributed by atoms with E-state index in [9.17, 15) is 0 Å². The predicted octanol–water partition coefficient (Wildman–Crippen LogP) is 3.29. The molecule has 1 heterocycles. The summed E-state index contributed by atoms with van der Waals surface area (Å²) in [5, 5.41) is 0. The molecule has 0 radical (unpaired) electrons. The minimum atomic E-state index is 0.180. The van der Waals surface area contributed by atoms with Gasteiger partial charge in [-0.1, -0.05) is 22.9 Å². The van der Waals surface area contributed by atoms with Gasteiger partial charge in [0.2, 0.25) is 0 Å². The summed E-state index contributed by atoms with van der Waals surface area (Å²) in [6.45, 7) is 3.60. The van der Waals surface area contributed by atoms with Crippen LogP contribution < -0.4 is 10.5 Å². The van der Waals surface area contributed by atoms with E-state index < -0.39 is 0 Å². The molecule has 3 nitrogen and oxygen atoms in total. The Morgan fingerprint density at radius 2 is 2.37 bits per heavy atom. The maximum Gasteiger partial charge on any atom is 0.122 e. The van der Waals surface area contributed by atoms with Crippen LogP contribution in [0.2, 0.25) is 0 Å². The van der Waals surface area contributed by atoms with E-state index in [0.717, 1.165) is 42.5 Å². The van der Waals surface area contributed by atoms with Crippen molar-refractivity contribution in [1.82, 2.24) is 0 Å². The van der Waals surface area contributed by atoms with Gasteiger partial charge in [0.15, 0.2) is 0 Å². The van der Waals surface area contributed by atoms with Gasteiger partial charge in [-0.25, -0.2) is 0 Å². The third kappa shape index (κ3) is 4.48. The summed E-state index contributed by atoms with van der Waals surface area (Å²) < 4.78 is 12.6. The molecule has 0 aliphatic carbocycles. The van der Waals surface area contributed by atoms with Crippen LogP contribution in [-0.4, -0.2) is 25.4 Å². The number of nitrogens with two attached hydrogens (primary N) is 1. The highest BCUT2D eigenvalue weighted by molar-refractivity contribution is 9.10. The maximum atomic E-state index is 6.05. The topological polar surface area (TPSA) is 44.5 Å². The molecule has 2 unspecified atom stereocenters. The maximum absolute atomic E-state index is 6.05. The molecule has 1 aliphatic rings. The zero-order chi connectivity index (χ0) is 13.7. The second kappa shape index (κ2) is 7.27. The molecule has 1 aromatic carbocycles. The summed E-state index contributed by atoms with van der Waals surface area (Å²) in [4.78, 5) is 0. The van der Waals surface area contributed by atoms with Crippen molar-refractivity contribution in [2.24, 2.45) is 5.73 Å². The molecule has 0 spiro atoms. The Bertz CT molecular complexity index is 405. The van der Waals surface area contributed by atoms with E-state index in [2.05, 4.69) is 28.9 Å². The zero-order valence-electron chi connectivity index (χ0n) is 11.4. The van der Waals surface area contributed by atoms with Gasteiger partial charge < -0.3 is 15.2 Å². The molecule has 1 fully saturated rings. The molecule has 0 amide bonds. The van der Waals surface area contributed by atoms with E-state index >= 15 is 0 Å². The van der Waals surface area contributed by atoms with Gasteiger partial charge in [0.25, 0.3) is 0 Å². The van der Waals surface area contributed by atoms with Crippen molar-refractivity contribution in [3.8, 4) is 5.75 Å². The highest BCUT2D eigenvalue weighted by Gasteiger charge is 2.17. The lowest BCUT2D eigenvalue weighted by atomic mass is 10.0. The van der Waals surface area contributed by atoms with Crippen molar-refractivity contribution < 1.29 is 9.47 Å². The lowest BCUT2D eigenvalue weighted by Gasteiger charge is -2.17. The van der Waals surface area contributed by atoms with Gasteiger partial charge >= 0.3 is 0 Å². The van der Waals surface area contributed by atoms with Gasteiger partial charge in [-0.2, -0.15) is 0 Å². The fourth-order valence-corrected chi connectivity index (χ4v) is 2.64. The zero-order valence-corrected chi connectivity index (χ0v) is 13.0. The van der Waals surface area contributed by atoms with Crippen LogP contribution in [0.4, 0.5) is 0 Å². The van der Waals surface area contributed by atoms with Crippen LogP contribution in [-0.2, 0) is 11.2 Å². The molecule has 106 valence electrons. The molecule has 4 heteroatoms. The fourth-order valence-electron chi connectivity index (χ4n) is 2.23. The first-order chi connectivity index (χ1) is 9.19. The third-order valence-corrected chi connectivity index (χ3v) is 3.97. The Morgan fingerprint density at radius 1 is 1.53 bits per heavy atom. The molecular formula is C15H22BrNO2. The summed E-state index contributed by atoms with van der Waals surface area (Å²) in [6, 6.07) is 6.29. The number of hydrogen-bond acceptors (Lipinski definition) is 3. The average molecular weight is 328 g/mol. The van der Waals surface area contributed by atoms with Crippen molar-refractivity contribution >= 4 is 15.9 Å². The molecule has 2 rings (SSSR count). The highest BCUT2D eigenvalue weighted by atomic mass is 79.9. The predicted molar refractivity (Wildman–Crippen MR) is 80.6 cm³/mol. The second-order valence-electron chi connectivity index (χ2n) is 5.07. The van der Waals surface area contributed by atoms with E-state index in [-0.39, 0.29) is 12.1 Å². The van der Waals surface area contributed by atoms with Crippen molar-refractivity contribution in [2.75, 3.05) is 13.2 Å². The third-order valence-electron chi connectivity index (χ3n) is 3.48. The monoisotopic (exact) mass is 327 g/mol. The van der Waals surface area contributed by atoms with Crippen molar-refractivity contribution in [1.29, 1.82) is 0 Å². The van der Waals surface area contributed by atoms with E-state index in [1.807, 2.05) is 12.1 Å². The molecule has 0 bridgehead atoms. The van der Waals surface area contributed by atoms with Gasteiger partial charge in [-0.15, -0.1) is 0 Å². The Labute approximate surface area is 123 Å². The standard InChI is InChI=1S/C15H22BrNO2/c1-2-13(17)9-11-8-12(16)5-6-15(11)19-10-14-4-3-7-18-14/h5-6,8,13-14H,2-4,7,9-10,17H2,1H3. The SMILES string of the molecule is CCC(N)Cc1cc(Br)ccc1OCC1CCCO1. The number of rotatable bonds is 6. The second-order valence-corrected chi connectivity index (χ2v) is 5.99. The van der Waals surface area contributed by atoms with E-state index in [4.69, 9.17) is 15.2 Å². The molecular weight excluding hydrogens is 306 g/mol. The van der Waals surface area contributed by atoms with Crippen molar-refractivity contribution in [2.45, 2.75) is 44.8 Å². The summed E-state index contributed by atoms with van der Waals surface area (Å²) in [5.74, 6) is 0.933. The van der Waals surface area contributed by atoms with E-state index in [1.165, 1.54) is 5.56 Å². The molecule has 1 saturated heterocycles. The first-order valence-corrected chi connectivity index (χ1v) is 7.76. The van der Waals surface area contributed by atoms with E-state index in [0.29, 0.717) is 6.61 Å². The molecule has 2 atom stereocenters. The fraction of sp³-hybridized carbons (Fsp3) is 0.600. The smallest absolute Gasteiger partial charge is 0.122 e. The minimum Gasteiger partial charge on any atom is -0.491 e. The van der Waals surface area contributed by atoms with Gasteiger partial charge in [0.05, 0.1) is 6.10 Å². The van der Waals surface area contributed by atoms with Crippen LogP contribution in [0.3, 0.4) is 0 Å². The molecule has 1 aromatic rings. The van der Waals surface area contributed by atoms with Crippen molar-refractivity contribution in [3.63, 3.8) is 0 Å². The van der Waals surface area contributed by atoms with Crippen LogP contribution >= 0.6 is 15.9 Å². The number of benzene rings is 1. The Kier molecular flexibility index (Phi) is 5.67. The number of ether oxygens (including phenoxy) is 2. The highest BCUT2D eigenvalue weighted by Crippen LogP contribution is 2.25. The Morgan fingerprint density at radius 3 is 3.05 bits per heavy atom. The molecule has 0 aromatic heterocycles. The summed E-state index contributed by atoms with van der Waals surface area (Å²) in [6.07, 6.45) is 4.30. The number of hydrogen-bond donors (Lipinski definition) is 1. The minimum absolute atomic E-state index is 0.180. The van der Waals surface area contributed by atoms with Gasteiger partial charge in [0.1, 0.15) is 12.4 Å². The molecule has 1 aliphatic heterocycles. The van der Waals surface area contributed by atoms with Gasteiger partial charge in [-0.05, 0) is 49.4 Å². The lowest BCUT2D eigenvalue weighted by Crippen LogP contribution is -2.22. The summed E-state index contributed by atoms with van der Waals surface area (Å²) in [7, 11) is 0. The quantitative estimate of drug-likeness (QED) is 0.871. The number of halogens is 1. The van der Waals surface area contributed by atoms with E-state index in [1.54, 1.807) is 0 Å². The van der Waals surface area contributed by atoms with Crippen LogP contribution in [0, 0.1) is 0 Å². The lowest BCUT2D eigenvalue weighted by molar-refractivity contribution is 0.0676. The van der Waals surface area contributed by atoms with Crippen LogP contribution in [0.15, 0.2) is 22.7 Å². The van der Waals surface area contributed by atoms with Crippen LogP contribution in [0.25, 0.3) is 0 Å². The van der Waals surface area contributed by atoms with Crippen LogP contribution in [0.5, 0.6) is 5.75 Å². The average Bonchev–Trinajstić information content (AvgIpc) is 2.91.